The van der Waals surface area contributed by atoms with E-state index in [1.807, 2.05) is 13.0 Å². The van der Waals surface area contributed by atoms with Gasteiger partial charge in [-0.1, -0.05) is 19.3 Å². The zero-order valence-electron chi connectivity index (χ0n) is 11.6. The minimum absolute atomic E-state index is 0.0815. The molecule has 1 aliphatic rings. The maximum Gasteiger partial charge on any atom is 0.139 e. The third-order valence-electron chi connectivity index (χ3n) is 4.42. The summed E-state index contributed by atoms with van der Waals surface area (Å²) in [4.78, 5) is 0. The predicted molar refractivity (Wildman–Crippen MR) is 80.9 cm³/mol. The number of hydrogen-bond donors (Lipinski definition) is 2. The van der Waals surface area contributed by atoms with Crippen LogP contribution in [0.1, 0.15) is 43.2 Å². The van der Waals surface area contributed by atoms with Gasteiger partial charge < -0.3 is 15.6 Å². The molecule has 19 heavy (non-hydrogen) atoms. The van der Waals surface area contributed by atoms with Gasteiger partial charge in [0.15, 0.2) is 0 Å². The molecule has 0 radical (unpaired) electrons. The van der Waals surface area contributed by atoms with Crippen LogP contribution in [0.15, 0.2) is 10.5 Å². The molecule has 1 aromatic carbocycles. The lowest BCUT2D eigenvalue weighted by molar-refractivity contribution is 0.289. The molecule has 0 heterocycles. The number of phenols is 1. The highest BCUT2D eigenvalue weighted by Gasteiger charge is 2.36. The average molecular weight is 328 g/mol. The second-order valence-electron chi connectivity index (χ2n) is 5.46. The van der Waals surface area contributed by atoms with Gasteiger partial charge in [-0.3, -0.25) is 0 Å². The molecule has 0 aliphatic heterocycles. The number of aromatic hydroxyl groups is 1. The first kappa shape index (κ1) is 14.7. The van der Waals surface area contributed by atoms with Gasteiger partial charge in [0.05, 0.1) is 11.6 Å². The van der Waals surface area contributed by atoms with E-state index in [4.69, 9.17) is 10.5 Å². The Morgan fingerprint density at radius 3 is 2.53 bits per heavy atom. The lowest BCUT2D eigenvalue weighted by Crippen LogP contribution is -2.37. The van der Waals surface area contributed by atoms with Crippen molar-refractivity contribution in [3.63, 3.8) is 0 Å². The Kier molecular flexibility index (Phi) is 4.41. The number of rotatable bonds is 3. The molecular weight excluding hydrogens is 306 g/mol. The molecule has 0 aromatic heterocycles. The quantitative estimate of drug-likeness (QED) is 0.891. The maximum absolute atomic E-state index is 10.5. The van der Waals surface area contributed by atoms with Gasteiger partial charge in [-0.25, -0.2) is 0 Å². The fraction of sp³-hybridized carbons (Fsp3) is 0.600. The van der Waals surface area contributed by atoms with Crippen molar-refractivity contribution in [2.24, 2.45) is 5.73 Å². The van der Waals surface area contributed by atoms with Crippen LogP contribution in [0.25, 0.3) is 0 Å². The Balaban J connectivity index is 2.55. The lowest BCUT2D eigenvalue weighted by Gasteiger charge is -2.37. The van der Waals surface area contributed by atoms with Crippen LogP contribution in [0.3, 0.4) is 0 Å². The fourth-order valence-corrected chi connectivity index (χ4v) is 3.90. The summed E-state index contributed by atoms with van der Waals surface area (Å²) in [6.45, 7) is 2.47. The molecule has 0 bridgehead atoms. The van der Waals surface area contributed by atoms with E-state index >= 15 is 0 Å². The fourth-order valence-electron chi connectivity index (χ4n) is 3.22. The van der Waals surface area contributed by atoms with Gasteiger partial charge in [0.25, 0.3) is 0 Å². The Labute approximate surface area is 123 Å². The van der Waals surface area contributed by atoms with Crippen molar-refractivity contribution in [3.8, 4) is 11.5 Å². The molecular formula is C15H22BrNO2. The van der Waals surface area contributed by atoms with Crippen LogP contribution in [-0.4, -0.2) is 18.8 Å². The highest BCUT2D eigenvalue weighted by Crippen LogP contribution is 2.47. The Bertz CT molecular complexity index is 468. The zero-order valence-corrected chi connectivity index (χ0v) is 13.2. The van der Waals surface area contributed by atoms with Crippen LogP contribution in [0, 0.1) is 6.92 Å². The molecule has 0 spiro atoms. The Morgan fingerprint density at radius 1 is 1.37 bits per heavy atom. The van der Waals surface area contributed by atoms with E-state index in [2.05, 4.69) is 15.9 Å². The van der Waals surface area contributed by atoms with E-state index in [1.54, 1.807) is 7.11 Å². The summed E-state index contributed by atoms with van der Waals surface area (Å²) in [5.74, 6) is 1.04. The van der Waals surface area contributed by atoms with E-state index in [-0.39, 0.29) is 5.41 Å². The molecule has 1 aliphatic carbocycles. The van der Waals surface area contributed by atoms with Gasteiger partial charge in [-0.2, -0.15) is 0 Å². The van der Waals surface area contributed by atoms with E-state index < -0.39 is 0 Å². The summed E-state index contributed by atoms with van der Waals surface area (Å²) in [5, 5.41) is 10.5. The number of nitrogens with two attached hydrogens (primary N) is 1. The SMILES string of the molecule is COc1c(Br)cc(C2(CN)CCCCC2)c(O)c1C. The number of methoxy groups -OCH3 is 1. The predicted octanol–water partition coefficient (Wildman–Crippen LogP) is 3.63. The summed E-state index contributed by atoms with van der Waals surface area (Å²) >= 11 is 3.54. The number of phenolic OH excluding ortho intramolecular Hbond substituents is 1. The topological polar surface area (TPSA) is 55.5 Å². The van der Waals surface area contributed by atoms with Gasteiger partial charge in [-0.15, -0.1) is 0 Å². The minimum atomic E-state index is -0.0815. The molecule has 2 rings (SSSR count). The highest BCUT2D eigenvalue weighted by molar-refractivity contribution is 9.10. The molecule has 3 nitrogen and oxygen atoms in total. The van der Waals surface area contributed by atoms with Crippen molar-refractivity contribution in [1.82, 2.24) is 0 Å². The van der Waals surface area contributed by atoms with E-state index in [9.17, 15) is 5.11 Å². The summed E-state index contributed by atoms with van der Waals surface area (Å²) in [6.07, 6.45) is 5.72. The molecule has 1 aromatic rings. The minimum Gasteiger partial charge on any atom is -0.507 e. The number of halogens is 1. The first-order chi connectivity index (χ1) is 9.05. The molecule has 0 amide bonds. The van der Waals surface area contributed by atoms with E-state index in [0.29, 0.717) is 18.0 Å². The molecule has 0 atom stereocenters. The zero-order chi connectivity index (χ0) is 14.0. The van der Waals surface area contributed by atoms with Crippen LogP contribution < -0.4 is 10.5 Å². The van der Waals surface area contributed by atoms with E-state index in [0.717, 1.165) is 28.4 Å². The van der Waals surface area contributed by atoms with Gasteiger partial charge in [0, 0.05) is 23.1 Å². The van der Waals surface area contributed by atoms with Gasteiger partial charge in [0.2, 0.25) is 0 Å². The number of hydrogen-bond acceptors (Lipinski definition) is 3. The molecule has 1 saturated carbocycles. The van der Waals surface area contributed by atoms with Gasteiger partial charge in [-0.05, 0) is 41.8 Å². The molecule has 3 N–H and O–H groups in total. The standard InChI is InChI=1S/C15H22BrNO2/c1-10-13(18)11(8-12(16)14(10)19-2)15(9-17)6-4-3-5-7-15/h8,18H,3-7,9,17H2,1-2H3. The second kappa shape index (κ2) is 5.71. The number of benzene rings is 1. The van der Waals surface area contributed by atoms with Crippen LogP contribution >= 0.6 is 15.9 Å². The maximum atomic E-state index is 10.5. The lowest BCUT2D eigenvalue weighted by atomic mass is 9.69. The van der Waals surface area contributed by atoms with Gasteiger partial charge >= 0.3 is 0 Å². The monoisotopic (exact) mass is 327 g/mol. The van der Waals surface area contributed by atoms with Crippen LogP contribution in [0.5, 0.6) is 11.5 Å². The van der Waals surface area contributed by atoms with Gasteiger partial charge in [0.1, 0.15) is 11.5 Å². The normalized spacial score (nSPS) is 18.3. The smallest absolute Gasteiger partial charge is 0.139 e. The van der Waals surface area contributed by atoms with Crippen LogP contribution in [0.2, 0.25) is 0 Å². The van der Waals surface area contributed by atoms with Crippen LogP contribution in [0.4, 0.5) is 0 Å². The summed E-state index contributed by atoms with van der Waals surface area (Å²) in [7, 11) is 1.62. The Morgan fingerprint density at radius 2 is 2.00 bits per heavy atom. The first-order valence-corrected chi connectivity index (χ1v) is 7.61. The van der Waals surface area contributed by atoms with Crippen molar-refractivity contribution in [2.75, 3.05) is 13.7 Å². The third kappa shape index (κ3) is 2.48. The van der Waals surface area contributed by atoms with Crippen molar-refractivity contribution in [2.45, 2.75) is 44.4 Å². The second-order valence-corrected chi connectivity index (χ2v) is 6.31. The summed E-state index contributed by atoms with van der Waals surface area (Å²) in [6, 6.07) is 1.99. The van der Waals surface area contributed by atoms with Crippen molar-refractivity contribution in [3.05, 3.63) is 21.7 Å². The first-order valence-electron chi connectivity index (χ1n) is 6.82. The molecule has 0 saturated heterocycles. The molecule has 106 valence electrons. The van der Waals surface area contributed by atoms with E-state index in [1.165, 1.54) is 19.3 Å². The highest BCUT2D eigenvalue weighted by atomic mass is 79.9. The Hall–Kier alpha value is -0.740. The summed E-state index contributed by atoms with van der Waals surface area (Å²) < 4.78 is 6.22. The molecule has 0 unspecified atom stereocenters. The molecule has 1 fully saturated rings. The molecule has 4 heteroatoms. The van der Waals surface area contributed by atoms with Crippen molar-refractivity contribution in [1.29, 1.82) is 0 Å². The summed E-state index contributed by atoms with van der Waals surface area (Å²) in [5.41, 5.74) is 7.73. The van der Waals surface area contributed by atoms with Crippen molar-refractivity contribution < 1.29 is 9.84 Å². The van der Waals surface area contributed by atoms with Crippen LogP contribution in [-0.2, 0) is 5.41 Å². The van der Waals surface area contributed by atoms with Crippen molar-refractivity contribution >= 4 is 15.9 Å². The largest absolute Gasteiger partial charge is 0.507 e. The average Bonchev–Trinajstić information content (AvgIpc) is 2.44. The third-order valence-corrected chi connectivity index (χ3v) is 5.00. The number of ether oxygens (including phenoxy) is 1.